The molecule has 2 aromatic heterocycles. The Morgan fingerprint density at radius 2 is 1.64 bits per heavy atom. The highest BCUT2D eigenvalue weighted by Gasteiger charge is 2.33. The third kappa shape index (κ3) is 3.44. The van der Waals surface area contributed by atoms with Crippen LogP contribution in [0.15, 0.2) is 33.7 Å². The summed E-state index contributed by atoms with van der Waals surface area (Å²) in [6.45, 7) is 1.81. The van der Waals surface area contributed by atoms with E-state index in [2.05, 4.69) is 4.90 Å². The molecule has 1 aliphatic rings. The Bertz CT molecular complexity index is 644. The zero-order valence-corrected chi connectivity index (χ0v) is 14.6. The highest BCUT2D eigenvalue weighted by atomic mass is 32.2. The Hall–Kier alpha value is -0.730. The maximum absolute atomic E-state index is 11.5. The van der Waals surface area contributed by atoms with Crippen LogP contribution >= 0.6 is 22.7 Å². The summed E-state index contributed by atoms with van der Waals surface area (Å²) in [4.78, 5) is 2.13. The SMILES string of the molecule is O=S1(=O)CCN(CCC(O)(c2ccsc2)c2ccsc2)CC1. The van der Waals surface area contributed by atoms with E-state index in [1.807, 2.05) is 33.7 Å². The molecular weight excluding hydrogens is 338 g/mol. The first kappa shape index (κ1) is 16.1. The minimum Gasteiger partial charge on any atom is -0.380 e. The fourth-order valence-electron chi connectivity index (χ4n) is 2.75. The molecule has 1 aliphatic heterocycles. The molecule has 3 rings (SSSR count). The average molecular weight is 358 g/mol. The van der Waals surface area contributed by atoms with Crippen molar-refractivity contribution < 1.29 is 13.5 Å². The number of hydrogen-bond donors (Lipinski definition) is 1. The van der Waals surface area contributed by atoms with Crippen molar-refractivity contribution in [1.29, 1.82) is 0 Å². The molecule has 1 N–H and O–H groups in total. The second-order valence-electron chi connectivity index (χ2n) is 5.63. The smallest absolute Gasteiger partial charge is 0.152 e. The fourth-order valence-corrected chi connectivity index (χ4v) is 5.47. The molecule has 2 aromatic rings. The molecule has 3 heterocycles. The van der Waals surface area contributed by atoms with E-state index in [1.165, 1.54) is 0 Å². The van der Waals surface area contributed by atoms with Crippen LogP contribution in [-0.4, -0.2) is 49.6 Å². The predicted octanol–water partition coefficient (Wildman–Crippen LogP) is 2.17. The average Bonchev–Trinajstić information content (AvgIpc) is 3.19. The molecular formula is C15H19NO3S3. The summed E-state index contributed by atoms with van der Waals surface area (Å²) < 4.78 is 23.0. The van der Waals surface area contributed by atoms with Crippen LogP contribution in [0.25, 0.3) is 0 Å². The van der Waals surface area contributed by atoms with Crippen LogP contribution in [0.4, 0.5) is 0 Å². The Kier molecular flexibility index (Phi) is 4.70. The van der Waals surface area contributed by atoms with Crippen LogP contribution in [0, 0.1) is 0 Å². The van der Waals surface area contributed by atoms with E-state index >= 15 is 0 Å². The molecule has 0 saturated carbocycles. The first-order valence-corrected chi connectivity index (χ1v) is 10.9. The maximum atomic E-state index is 11.5. The molecule has 4 nitrogen and oxygen atoms in total. The van der Waals surface area contributed by atoms with E-state index in [-0.39, 0.29) is 11.5 Å². The molecule has 0 aliphatic carbocycles. The van der Waals surface area contributed by atoms with Gasteiger partial charge in [0.1, 0.15) is 5.60 Å². The van der Waals surface area contributed by atoms with Crippen molar-refractivity contribution in [2.75, 3.05) is 31.1 Å². The van der Waals surface area contributed by atoms with Crippen LogP contribution in [-0.2, 0) is 15.4 Å². The monoisotopic (exact) mass is 357 g/mol. The quantitative estimate of drug-likeness (QED) is 0.891. The lowest BCUT2D eigenvalue weighted by atomic mass is 9.86. The number of hydrogen-bond acceptors (Lipinski definition) is 6. The first-order valence-electron chi connectivity index (χ1n) is 7.20. The summed E-state index contributed by atoms with van der Waals surface area (Å²) in [6.07, 6.45) is 0.570. The van der Waals surface area contributed by atoms with Crippen molar-refractivity contribution in [3.8, 4) is 0 Å². The third-order valence-corrected chi connectivity index (χ3v) is 7.20. The van der Waals surface area contributed by atoms with Gasteiger partial charge in [0.15, 0.2) is 9.84 Å². The van der Waals surface area contributed by atoms with Gasteiger partial charge in [-0.3, -0.25) is 0 Å². The fraction of sp³-hybridized carbons (Fsp3) is 0.467. The topological polar surface area (TPSA) is 57.6 Å². The van der Waals surface area contributed by atoms with Crippen molar-refractivity contribution in [2.45, 2.75) is 12.0 Å². The summed E-state index contributed by atoms with van der Waals surface area (Å²) in [5.41, 5.74) is 0.845. The van der Waals surface area contributed by atoms with Gasteiger partial charge in [-0.2, -0.15) is 22.7 Å². The van der Waals surface area contributed by atoms with E-state index in [4.69, 9.17) is 0 Å². The molecule has 0 bridgehead atoms. The molecule has 0 amide bonds. The van der Waals surface area contributed by atoms with Crippen molar-refractivity contribution in [1.82, 2.24) is 4.90 Å². The van der Waals surface area contributed by atoms with Gasteiger partial charge in [-0.1, -0.05) is 0 Å². The first-order chi connectivity index (χ1) is 10.5. The maximum Gasteiger partial charge on any atom is 0.152 e. The summed E-state index contributed by atoms with van der Waals surface area (Å²) >= 11 is 3.15. The summed E-state index contributed by atoms with van der Waals surface area (Å²) in [7, 11) is -2.86. The van der Waals surface area contributed by atoms with E-state index in [9.17, 15) is 13.5 Å². The number of thiophene rings is 2. The van der Waals surface area contributed by atoms with Gasteiger partial charge >= 0.3 is 0 Å². The van der Waals surface area contributed by atoms with Crippen LogP contribution in [0.1, 0.15) is 17.5 Å². The van der Waals surface area contributed by atoms with E-state index in [0.717, 1.165) is 11.1 Å². The minimum atomic E-state index is -2.86. The molecule has 1 fully saturated rings. The minimum absolute atomic E-state index is 0.225. The highest BCUT2D eigenvalue weighted by Crippen LogP contribution is 2.35. The van der Waals surface area contributed by atoms with Gasteiger partial charge in [0.05, 0.1) is 11.5 Å². The molecule has 7 heteroatoms. The molecule has 120 valence electrons. The van der Waals surface area contributed by atoms with Crippen molar-refractivity contribution in [3.63, 3.8) is 0 Å². The summed E-state index contributed by atoms with van der Waals surface area (Å²) in [5, 5.41) is 19.1. The van der Waals surface area contributed by atoms with Crippen LogP contribution in [0.5, 0.6) is 0 Å². The Labute approximate surface area is 138 Å². The van der Waals surface area contributed by atoms with Crippen molar-refractivity contribution >= 4 is 32.5 Å². The van der Waals surface area contributed by atoms with Gasteiger partial charge in [0.25, 0.3) is 0 Å². The van der Waals surface area contributed by atoms with Crippen LogP contribution < -0.4 is 0 Å². The van der Waals surface area contributed by atoms with Gasteiger partial charge in [-0.05, 0) is 51.2 Å². The van der Waals surface area contributed by atoms with Crippen LogP contribution in [0.2, 0.25) is 0 Å². The predicted molar refractivity (Wildman–Crippen MR) is 91.3 cm³/mol. The van der Waals surface area contributed by atoms with Gasteiger partial charge in [-0.15, -0.1) is 0 Å². The molecule has 22 heavy (non-hydrogen) atoms. The summed E-state index contributed by atoms with van der Waals surface area (Å²) in [5.74, 6) is 0.449. The van der Waals surface area contributed by atoms with Crippen LogP contribution in [0.3, 0.4) is 0 Å². The lowest BCUT2D eigenvalue weighted by molar-refractivity contribution is 0.0592. The molecule has 0 radical (unpaired) electrons. The van der Waals surface area contributed by atoms with Gasteiger partial charge < -0.3 is 10.0 Å². The molecule has 0 unspecified atom stereocenters. The number of sulfone groups is 1. The largest absolute Gasteiger partial charge is 0.380 e. The van der Waals surface area contributed by atoms with Gasteiger partial charge in [0.2, 0.25) is 0 Å². The zero-order chi connectivity index (χ0) is 15.6. The van der Waals surface area contributed by atoms with E-state index in [1.54, 1.807) is 22.7 Å². The Morgan fingerprint density at radius 1 is 1.09 bits per heavy atom. The third-order valence-electron chi connectivity index (χ3n) is 4.22. The molecule has 0 aromatic carbocycles. The molecule has 0 atom stereocenters. The number of rotatable bonds is 5. The summed E-state index contributed by atoms with van der Waals surface area (Å²) in [6, 6.07) is 3.92. The molecule has 0 spiro atoms. The van der Waals surface area contributed by atoms with Crippen molar-refractivity contribution in [3.05, 3.63) is 44.8 Å². The Morgan fingerprint density at radius 3 is 2.09 bits per heavy atom. The second-order valence-corrected chi connectivity index (χ2v) is 9.49. The lowest BCUT2D eigenvalue weighted by Gasteiger charge is -2.32. The van der Waals surface area contributed by atoms with Crippen molar-refractivity contribution in [2.24, 2.45) is 0 Å². The standard InChI is InChI=1S/C15H19NO3S3/c17-15(13-1-7-20-11-13,14-2-8-21-12-14)3-4-16-5-9-22(18,19)10-6-16/h1-2,7-8,11-12,17H,3-6,9-10H2. The van der Waals surface area contributed by atoms with E-state index in [0.29, 0.717) is 26.1 Å². The zero-order valence-electron chi connectivity index (χ0n) is 12.1. The second kappa shape index (κ2) is 6.41. The number of nitrogens with zero attached hydrogens (tertiary/aromatic N) is 1. The Balaban J connectivity index is 1.72. The van der Waals surface area contributed by atoms with E-state index < -0.39 is 15.4 Å². The van der Waals surface area contributed by atoms with Gasteiger partial charge in [-0.25, -0.2) is 8.42 Å². The van der Waals surface area contributed by atoms with Gasteiger partial charge in [0, 0.05) is 19.6 Å². The highest BCUT2D eigenvalue weighted by molar-refractivity contribution is 7.91. The lowest BCUT2D eigenvalue weighted by Crippen LogP contribution is -2.42. The normalized spacial score (nSPS) is 19.3. The molecule has 1 saturated heterocycles. The number of aliphatic hydroxyl groups is 1.